The Morgan fingerprint density at radius 1 is 1.28 bits per heavy atom. The Balaban J connectivity index is 2.02. The fourth-order valence-electron chi connectivity index (χ4n) is 2.35. The van der Waals surface area contributed by atoms with Crippen LogP contribution >= 0.6 is 0 Å². The summed E-state index contributed by atoms with van der Waals surface area (Å²) in [5.74, 6) is 1.86. The van der Waals surface area contributed by atoms with Gasteiger partial charge in [0, 0.05) is 23.0 Å². The van der Waals surface area contributed by atoms with E-state index in [1.165, 1.54) is 6.42 Å². The van der Waals surface area contributed by atoms with Crippen molar-refractivity contribution in [2.75, 3.05) is 12.4 Å². The topological polar surface area (TPSA) is 34.1 Å². The Bertz CT molecular complexity index is 592. The molecule has 1 aliphatic rings. The van der Waals surface area contributed by atoms with Crippen LogP contribution in [0.15, 0.2) is 30.5 Å². The van der Waals surface area contributed by atoms with Crippen LogP contribution < -0.4 is 10.1 Å². The molecule has 1 N–H and O–H groups in total. The van der Waals surface area contributed by atoms with Gasteiger partial charge in [0.15, 0.2) is 0 Å². The zero-order valence-electron chi connectivity index (χ0n) is 11.0. The van der Waals surface area contributed by atoms with E-state index in [1.807, 2.05) is 24.4 Å². The molecule has 3 nitrogen and oxygen atoms in total. The summed E-state index contributed by atoms with van der Waals surface area (Å²) in [4.78, 5) is 4.46. The van der Waals surface area contributed by atoms with Gasteiger partial charge in [-0.3, -0.25) is 0 Å². The predicted octanol–water partition coefficient (Wildman–Crippen LogP) is 3.45. The summed E-state index contributed by atoms with van der Waals surface area (Å²) in [7, 11) is 1.70. The maximum atomic E-state index is 5.39. The lowest BCUT2D eigenvalue weighted by Crippen LogP contribution is -2.09. The van der Waals surface area contributed by atoms with Crippen LogP contribution in [0.25, 0.3) is 10.8 Å². The van der Waals surface area contributed by atoms with Crippen LogP contribution in [0.3, 0.4) is 0 Å². The highest BCUT2D eigenvalue weighted by molar-refractivity contribution is 5.96. The van der Waals surface area contributed by atoms with Gasteiger partial charge in [0.1, 0.15) is 11.6 Å². The van der Waals surface area contributed by atoms with Gasteiger partial charge >= 0.3 is 0 Å². The molecule has 1 heterocycles. The molecule has 0 spiro atoms. The summed E-state index contributed by atoms with van der Waals surface area (Å²) in [5, 5.41) is 5.77. The van der Waals surface area contributed by atoms with E-state index in [9.17, 15) is 0 Å². The molecule has 0 radical (unpaired) electrons. The van der Waals surface area contributed by atoms with Gasteiger partial charge in [-0.2, -0.15) is 0 Å². The summed E-state index contributed by atoms with van der Waals surface area (Å²) >= 11 is 0. The molecule has 1 atom stereocenters. The Labute approximate surface area is 107 Å². The number of pyridine rings is 1. The van der Waals surface area contributed by atoms with Gasteiger partial charge in [-0.05, 0) is 24.0 Å². The summed E-state index contributed by atoms with van der Waals surface area (Å²) < 4.78 is 5.39. The number of methoxy groups -OCH3 is 1. The van der Waals surface area contributed by atoms with E-state index in [1.54, 1.807) is 7.11 Å². The molecular formula is C15H18N2O. The van der Waals surface area contributed by atoms with Crippen molar-refractivity contribution in [1.29, 1.82) is 0 Å². The number of rotatable bonds is 3. The molecule has 0 saturated heterocycles. The fourth-order valence-corrected chi connectivity index (χ4v) is 2.35. The van der Waals surface area contributed by atoms with E-state index in [4.69, 9.17) is 4.74 Å². The van der Waals surface area contributed by atoms with E-state index in [-0.39, 0.29) is 0 Å². The number of ether oxygens (including phenoxy) is 1. The molecule has 94 valence electrons. The summed E-state index contributed by atoms with van der Waals surface area (Å²) in [5.41, 5.74) is 0.392. The van der Waals surface area contributed by atoms with Crippen molar-refractivity contribution in [3.63, 3.8) is 0 Å². The van der Waals surface area contributed by atoms with E-state index in [0.29, 0.717) is 11.5 Å². The second kappa shape index (κ2) is 3.87. The van der Waals surface area contributed by atoms with E-state index in [0.717, 1.165) is 22.3 Å². The standard InChI is InChI=1S/C15H18N2O/c1-15(2)9-13(15)17-14-11-5-4-6-12(18-3)10(11)7-8-16-14/h4-8,13H,9H2,1-3H3,(H,16,17). The van der Waals surface area contributed by atoms with Gasteiger partial charge < -0.3 is 10.1 Å². The third kappa shape index (κ3) is 1.80. The molecule has 1 aromatic carbocycles. The fraction of sp³-hybridized carbons (Fsp3) is 0.400. The number of nitrogens with zero attached hydrogens (tertiary/aromatic N) is 1. The Morgan fingerprint density at radius 2 is 2.06 bits per heavy atom. The van der Waals surface area contributed by atoms with Crippen molar-refractivity contribution in [2.24, 2.45) is 5.41 Å². The van der Waals surface area contributed by atoms with E-state index >= 15 is 0 Å². The Morgan fingerprint density at radius 3 is 2.72 bits per heavy atom. The number of hydrogen-bond donors (Lipinski definition) is 1. The number of aromatic nitrogens is 1. The molecule has 1 saturated carbocycles. The third-order valence-electron chi connectivity index (χ3n) is 3.81. The van der Waals surface area contributed by atoms with Crippen LogP contribution in [-0.2, 0) is 0 Å². The minimum Gasteiger partial charge on any atom is -0.496 e. The number of fused-ring (bicyclic) bond motifs is 1. The lowest BCUT2D eigenvalue weighted by atomic mass is 10.1. The smallest absolute Gasteiger partial charge is 0.134 e. The Hall–Kier alpha value is -1.77. The third-order valence-corrected chi connectivity index (χ3v) is 3.81. The van der Waals surface area contributed by atoms with Gasteiger partial charge in [0.25, 0.3) is 0 Å². The molecule has 1 aromatic heterocycles. The SMILES string of the molecule is COc1cccc2c(NC3CC3(C)C)nccc12. The first-order valence-electron chi connectivity index (χ1n) is 6.30. The first-order valence-corrected chi connectivity index (χ1v) is 6.30. The molecule has 1 aliphatic carbocycles. The monoisotopic (exact) mass is 242 g/mol. The van der Waals surface area contributed by atoms with Gasteiger partial charge in [0.2, 0.25) is 0 Å². The molecule has 3 heteroatoms. The van der Waals surface area contributed by atoms with Crippen molar-refractivity contribution in [3.05, 3.63) is 30.5 Å². The molecule has 3 rings (SSSR count). The molecule has 1 unspecified atom stereocenters. The summed E-state index contributed by atoms with van der Waals surface area (Å²) in [6.45, 7) is 4.55. The maximum Gasteiger partial charge on any atom is 0.134 e. The maximum absolute atomic E-state index is 5.39. The molecule has 2 aromatic rings. The van der Waals surface area contributed by atoms with Gasteiger partial charge in [-0.15, -0.1) is 0 Å². The highest BCUT2D eigenvalue weighted by Gasteiger charge is 2.45. The number of nitrogens with one attached hydrogen (secondary N) is 1. The average Bonchev–Trinajstić information content (AvgIpc) is 2.96. The van der Waals surface area contributed by atoms with E-state index < -0.39 is 0 Å². The highest BCUT2D eigenvalue weighted by atomic mass is 16.5. The quantitative estimate of drug-likeness (QED) is 0.895. The molecular weight excluding hydrogens is 224 g/mol. The summed E-state index contributed by atoms with van der Waals surface area (Å²) in [6.07, 6.45) is 3.04. The number of anilines is 1. The minimum atomic E-state index is 0.392. The number of hydrogen-bond acceptors (Lipinski definition) is 3. The molecule has 1 fully saturated rings. The van der Waals surface area contributed by atoms with Crippen LogP contribution in [0.5, 0.6) is 5.75 Å². The van der Waals surface area contributed by atoms with Gasteiger partial charge in [0.05, 0.1) is 7.11 Å². The van der Waals surface area contributed by atoms with Crippen molar-refractivity contribution >= 4 is 16.6 Å². The minimum absolute atomic E-state index is 0.392. The van der Waals surface area contributed by atoms with Crippen LogP contribution in [-0.4, -0.2) is 18.1 Å². The van der Waals surface area contributed by atoms with Gasteiger partial charge in [-0.25, -0.2) is 4.98 Å². The second-order valence-corrected chi connectivity index (χ2v) is 5.60. The van der Waals surface area contributed by atoms with Crippen LogP contribution in [0.1, 0.15) is 20.3 Å². The lowest BCUT2D eigenvalue weighted by molar-refractivity contribution is 0.420. The highest BCUT2D eigenvalue weighted by Crippen LogP contribution is 2.47. The number of benzene rings is 1. The van der Waals surface area contributed by atoms with Crippen molar-refractivity contribution in [2.45, 2.75) is 26.3 Å². The largest absolute Gasteiger partial charge is 0.496 e. The van der Waals surface area contributed by atoms with Crippen molar-refractivity contribution < 1.29 is 4.74 Å². The molecule has 0 aliphatic heterocycles. The zero-order chi connectivity index (χ0) is 12.8. The lowest BCUT2D eigenvalue weighted by Gasteiger charge is -2.11. The first-order chi connectivity index (χ1) is 8.62. The van der Waals surface area contributed by atoms with Crippen molar-refractivity contribution in [1.82, 2.24) is 4.98 Å². The molecule has 0 amide bonds. The predicted molar refractivity (Wildman–Crippen MR) is 74.1 cm³/mol. The van der Waals surface area contributed by atoms with Crippen molar-refractivity contribution in [3.8, 4) is 5.75 Å². The molecule has 18 heavy (non-hydrogen) atoms. The molecule has 0 bridgehead atoms. The Kier molecular flexibility index (Phi) is 2.44. The summed E-state index contributed by atoms with van der Waals surface area (Å²) in [6, 6.07) is 8.60. The van der Waals surface area contributed by atoms with Crippen LogP contribution in [0.2, 0.25) is 0 Å². The van der Waals surface area contributed by atoms with Crippen LogP contribution in [0.4, 0.5) is 5.82 Å². The first kappa shape index (κ1) is 11.3. The van der Waals surface area contributed by atoms with E-state index in [2.05, 4.69) is 30.2 Å². The second-order valence-electron chi connectivity index (χ2n) is 5.60. The van der Waals surface area contributed by atoms with Crippen LogP contribution in [0, 0.1) is 5.41 Å². The van der Waals surface area contributed by atoms with Gasteiger partial charge in [-0.1, -0.05) is 26.0 Å². The average molecular weight is 242 g/mol. The normalized spacial score (nSPS) is 20.7. The zero-order valence-corrected chi connectivity index (χ0v) is 11.0.